The van der Waals surface area contributed by atoms with Gasteiger partial charge in [-0.2, -0.15) is 8.78 Å². The highest BCUT2D eigenvalue weighted by Gasteiger charge is 2.16. The van der Waals surface area contributed by atoms with Crippen LogP contribution in [-0.4, -0.2) is 30.6 Å². The van der Waals surface area contributed by atoms with Crippen LogP contribution in [0.4, 0.5) is 13.9 Å². The molecule has 0 fully saturated rings. The zero-order chi connectivity index (χ0) is 19.3. The van der Waals surface area contributed by atoms with Gasteiger partial charge in [0.1, 0.15) is 10.6 Å². The van der Waals surface area contributed by atoms with E-state index in [1.807, 2.05) is 0 Å². The molecule has 0 aliphatic rings. The number of carbonyl (C=O) groups excluding carboxylic acids is 2. The first kappa shape index (κ1) is 20.0. The van der Waals surface area contributed by atoms with E-state index in [0.717, 1.165) is 17.4 Å². The summed E-state index contributed by atoms with van der Waals surface area (Å²) < 4.78 is 34.5. The summed E-state index contributed by atoms with van der Waals surface area (Å²) in [6.45, 7) is -1.36. The van der Waals surface area contributed by atoms with E-state index in [9.17, 15) is 18.4 Å². The fourth-order valence-electron chi connectivity index (χ4n) is 1.90. The number of halogens is 3. The number of methoxy groups -OCH3 is 1. The van der Waals surface area contributed by atoms with E-state index in [4.69, 9.17) is 0 Å². The van der Waals surface area contributed by atoms with E-state index < -0.39 is 18.5 Å². The Balaban J connectivity index is 2.13. The van der Waals surface area contributed by atoms with Gasteiger partial charge in [-0.1, -0.05) is 27.3 Å². The molecule has 0 saturated carbocycles. The van der Waals surface area contributed by atoms with Crippen molar-refractivity contribution >= 4 is 50.4 Å². The molecule has 2 rings (SSSR count). The van der Waals surface area contributed by atoms with Gasteiger partial charge in [0.15, 0.2) is 5.13 Å². The van der Waals surface area contributed by atoms with Crippen molar-refractivity contribution < 1.29 is 27.8 Å². The maximum absolute atomic E-state index is 12.4. The topological polar surface area (TPSA) is 77.5 Å². The summed E-state index contributed by atoms with van der Waals surface area (Å²) in [6, 6.07) is 4.44. The van der Waals surface area contributed by atoms with Crippen molar-refractivity contribution in [1.29, 1.82) is 0 Å². The Labute approximate surface area is 160 Å². The third-order valence-corrected chi connectivity index (χ3v) is 4.55. The van der Waals surface area contributed by atoms with Crippen LogP contribution in [0.2, 0.25) is 0 Å². The van der Waals surface area contributed by atoms with Crippen LogP contribution in [0.1, 0.15) is 20.9 Å². The lowest BCUT2D eigenvalue weighted by molar-refractivity contribution is -0.111. The third kappa shape index (κ3) is 5.33. The van der Waals surface area contributed by atoms with Crippen molar-refractivity contribution in [3.05, 3.63) is 44.9 Å². The number of anilines is 1. The van der Waals surface area contributed by atoms with Gasteiger partial charge in [0.2, 0.25) is 5.91 Å². The zero-order valence-corrected chi connectivity index (χ0v) is 16.0. The lowest BCUT2D eigenvalue weighted by Crippen LogP contribution is -2.07. The Hall–Kier alpha value is -2.33. The van der Waals surface area contributed by atoms with Crippen molar-refractivity contribution in [2.75, 3.05) is 12.4 Å². The first-order chi connectivity index (χ1) is 12.3. The van der Waals surface area contributed by atoms with E-state index >= 15 is 0 Å². The van der Waals surface area contributed by atoms with Crippen molar-refractivity contribution in [1.82, 2.24) is 4.98 Å². The van der Waals surface area contributed by atoms with Gasteiger partial charge in [-0.25, -0.2) is 9.78 Å². The van der Waals surface area contributed by atoms with Gasteiger partial charge in [0, 0.05) is 16.1 Å². The van der Waals surface area contributed by atoms with Crippen LogP contribution in [0.15, 0.2) is 28.7 Å². The number of nitrogens with one attached hydrogen (secondary N) is 1. The van der Waals surface area contributed by atoms with Gasteiger partial charge >= 0.3 is 12.6 Å². The van der Waals surface area contributed by atoms with Crippen LogP contribution in [0.3, 0.4) is 0 Å². The highest BCUT2D eigenvalue weighted by molar-refractivity contribution is 9.10. The third-order valence-electron chi connectivity index (χ3n) is 3.00. The lowest BCUT2D eigenvalue weighted by atomic mass is 10.2. The number of benzene rings is 1. The van der Waals surface area contributed by atoms with Crippen molar-refractivity contribution in [3.63, 3.8) is 0 Å². The number of nitrogens with zero attached hydrogens (tertiary/aromatic N) is 1. The van der Waals surface area contributed by atoms with Gasteiger partial charge in [0.25, 0.3) is 0 Å². The standard InChI is InChI=1S/C16H13BrF2N2O4S/c1-8-13(14(23)24-2)26-16(20-8)21-12(22)6-3-9-7-10(17)4-5-11(9)25-15(18)19/h3-7,15H,1-2H3,(H,20,21,22)/b6-3+. The van der Waals surface area contributed by atoms with Crippen LogP contribution in [0, 0.1) is 6.92 Å². The van der Waals surface area contributed by atoms with Gasteiger partial charge in [-0.3, -0.25) is 10.1 Å². The Morgan fingerprint density at radius 2 is 2.12 bits per heavy atom. The maximum Gasteiger partial charge on any atom is 0.387 e. The first-order valence-electron chi connectivity index (χ1n) is 7.09. The van der Waals surface area contributed by atoms with Crippen LogP contribution in [-0.2, 0) is 9.53 Å². The molecule has 6 nitrogen and oxygen atoms in total. The fraction of sp³-hybridized carbons (Fsp3) is 0.188. The SMILES string of the molecule is COC(=O)c1sc(NC(=O)/C=C/c2cc(Br)ccc2OC(F)F)nc1C. The molecule has 0 spiro atoms. The maximum atomic E-state index is 12.4. The Morgan fingerprint density at radius 3 is 2.77 bits per heavy atom. The van der Waals surface area contributed by atoms with Crippen LogP contribution in [0.25, 0.3) is 6.08 Å². The van der Waals surface area contributed by atoms with Crippen molar-refractivity contribution in [2.45, 2.75) is 13.5 Å². The average Bonchev–Trinajstić information content (AvgIpc) is 2.94. The number of aromatic nitrogens is 1. The minimum Gasteiger partial charge on any atom is -0.465 e. The second kappa shape index (κ2) is 8.86. The number of aryl methyl sites for hydroxylation is 1. The molecule has 0 aliphatic heterocycles. The highest BCUT2D eigenvalue weighted by Crippen LogP contribution is 2.26. The molecule has 0 bridgehead atoms. The average molecular weight is 447 g/mol. The molecule has 1 heterocycles. The van der Waals surface area contributed by atoms with E-state index in [1.54, 1.807) is 13.0 Å². The summed E-state index contributed by atoms with van der Waals surface area (Å²) in [5.41, 5.74) is 0.723. The molecular formula is C16H13BrF2N2O4S. The number of ether oxygens (including phenoxy) is 2. The monoisotopic (exact) mass is 446 g/mol. The molecule has 1 aromatic heterocycles. The second-order valence-electron chi connectivity index (χ2n) is 4.81. The summed E-state index contributed by atoms with van der Waals surface area (Å²) >= 11 is 4.20. The summed E-state index contributed by atoms with van der Waals surface area (Å²) in [5, 5.41) is 2.72. The van der Waals surface area contributed by atoms with Gasteiger partial charge in [-0.05, 0) is 31.2 Å². The molecule has 0 radical (unpaired) electrons. The molecular weight excluding hydrogens is 434 g/mol. The number of thiazole rings is 1. The van der Waals surface area contributed by atoms with Crippen molar-refractivity contribution in [3.8, 4) is 5.75 Å². The predicted molar refractivity (Wildman–Crippen MR) is 96.6 cm³/mol. The predicted octanol–water partition coefficient (Wildman–Crippen LogP) is 4.25. The Kier molecular flexibility index (Phi) is 6.81. The number of rotatable bonds is 6. The number of alkyl halides is 2. The molecule has 1 aromatic carbocycles. The summed E-state index contributed by atoms with van der Waals surface area (Å²) in [6.07, 6.45) is 2.48. The second-order valence-corrected chi connectivity index (χ2v) is 6.72. The molecule has 1 amide bonds. The summed E-state index contributed by atoms with van der Waals surface area (Å²) in [5.74, 6) is -1.15. The number of esters is 1. The molecule has 10 heteroatoms. The number of hydrogen-bond donors (Lipinski definition) is 1. The molecule has 0 aliphatic carbocycles. The largest absolute Gasteiger partial charge is 0.465 e. The first-order valence-corrected chi connectivity index (χ1v) is 8.70. The Bertz CT molecular complexity index is 855. The smallest absolute Gasteiger partial charge is 0.387 e. The molecule has 0 unspecified atom stereocenters. The molecule has 1 N–H and O–H groups in total. The number of hydrogen-bond acceptors (Lipinski definition) is 6. The number of carbonyl (C=O) groups is 2. The quantitative estimate of drug-likeness (QED) is 0.529. The molecule has 0 saturated heterocycles. The zero-order valence-electron chi connectivity index (χ0n) is 13.6. The van der Waals surface area contributed by atoms with E-state index in [2.05, 4.69) is 35.7 Å². The number of amides is 1. The van der Waals surface area contributed by atoms with Gasteiger partial charge in [0.05, 0.1) is 12.8 Å². The lowest BCUT2D eigenvalue weighted by Gasteiger charge is -2.08. The highest BCUT2D eigenvalue weighted by atomic mass is 79.9. The minimum absolute atomic E-state index is 0.0645. The van der Waals surface area contributed by atoms with Gasteiger partial charge in [-0.15, -0.1) is 0 Å². The van der Waals surface area contributed by atoms with Crippen molar-refractivity contribution in [2.24, 2.45) is 0 Å². The van der Waals surface area contributed by atoms with E-state index in [-0.39, 0.29) is 15.8 Å². The summed E-state index contributed by atoms with van der Waals surface area (Å²) in [7, 11) is 1.25. The minimum atomic E-state index is -2.98. The molecule has 2 aromatic rings. The van der Waals surface area contributed by atoms with Crippen LogP contribution in [0.5, 0.6) is 5.75 Å². The van der Waals surface area contributed by atoms with Crippen LogP contribution >= 0.6 is 27.3 Å². The summed E-state index contributed by atoms with van der Waals surface area (Å²) in [4.78, 5) is 27.9. The Morgan fingerprint density at radius 1 is 1.38 bits per heavy atom. The molecule has 138 valence electrons. The fourth-order valence-corrected chi connectivity index (χ4v) is 3.16. The van der Waals surface area contributed by atoms with Crippen LogP contribution < -0.4 is 10.1 Å². The normalized spacial score (nSPS) is 11.0. The van der Waals surface area contributed by atoms with E-state index in [1.165, 1.54) is 25.3 Å². The van der Waals surface area contributed by atoms with E-state index in [0.29, 0.717) is 15.7 Å². The molecule has 0 atom stereocenters. The van der Waals surface area contributed by atoms with Gasteiger partial charge < -0.3 is 9.47 Å². The molecule has 26 heavy (non-hydrogen) atoms.